The highest BCUT2D eigenvalue weighted by molar-refractivity contribution is 6.53. The fourth-order valence-electron chi connectivity index (χ4n) is 3.72. The molecule has 6 nitrogen and oxygen atoms in total. The predicted octanol–water partition coefficient (Wildman–Crippen LogP) is 5.52. The maximum atomic E-state index is 12.9. The molecule has 0 aliphatic carbocycles. The van der Waals surface area contributed by atoms with Gasteiger partial charge in [0, 0.05) is 5.69 Å². The minimum Gasteiger partial charge on any atom is -0.423 e. The van der Waals surface area contributed by atoms with Crippen LogP contribution in [0, 0.1) is 13.8 Å². The first-order chi connectivity index (χ1) is 16.3. The van der Waals surface area contributed by atoms with Crippen LogP contribution in [0.1, 0.15) is 34.0 Å². The first-order valence-corrected chi connectivity index (χ1v) is 11.2. The van der Waals surface area contributed by atoms with Crippen LogP contribution in [0.15, 0.2) is 77.5 Å². The van der Waals surface area contributed by atoms with Gasteiger partial charge in [-0.1, -0.05) is 36.7 Å². The summed E-state index contributed by atoms with van der Waals surface area (Å²) in [5.41, 5.74) is 4.37. The van der Waals surface area contributed by atoms with E-state index in [2.05, 4.69) is 5.32 Å². The first-order valence-electron chi connectivity index (χ1n) is 10.8. The van der Waals surface area contributed by atoms with Crippen molar-refractivity contribution in [2.24, 2.45) is 0 Å². The molecule has 1 aliphatic rings. The molecule has 0 saturated carbocycles. The van der Waals surface area contributed by atoms with Gasteiger partial charge >= 0.3 is 5.97 Å². The lowest BCUT2D eigenvalue weighted by molar-refractivity contribution is -0.120. The molecule has 1 heterocycles. The molecule has 1 aliphatic heterocycles. The first kappa shape index (κ1) is 23.3. The summed E-state index contributed by atoms with van der Waals surface area (Å²) >= 11 is 6.21. The van der Waals surface area contributed by atoms with Gasteiger partial charge in [-0.3, -0.25) is 9.59 Å². The van der Waals surface area contributed by atoms with Crippen LogP contribution in [0.3, 0.4) is 0 Å². The zero-order valence-corrected chi connectivity index (χ0v) is 19.8. The Morgan fingerprint density at radius 1 is 0.912 bits per heavy atom. The second-order valence-corrected chi connectivity index (χ2v) is 8.45. The molecule has 0 unspecified atom stereocenters. The molecule has 1 N–H and O–H groups in total. The van der Waals surface area contributed by atoms with E-state index < -0.39 is 17.8 Å². The third kappa shape index (κ3) is 4.72. The number of carbonyl (C=O) groups is 3. The van der Waals surface area contributed by atoms with Gasteiger partial charge in [0.1, 0.15) is 16.5 Å². The van der Waals surface area contributed by atoms with Crippen LogP contribution in [0.5, 0.6) is 5.75 Å². The molecular weight excluding hydrogens is 452 g/mol. The van der Waals surface area contributed by atoms with Gasteiger partial charge in [-0.15, -0.1) is 0 Å². The number of imide groups is 1. The van der Waals surface area contributed by atoms with E-state index in [0.717, 1.165) is 28.0 Å². The Balaban J connectivity index is 1.47. The van der Waals surface area contributed by atoms with E-state index in [-0.39, 0.29) is 10.7 Å². The van der Waals surface area contributed by atoms with Crippen molar-refractivity contribution in [2.45, 2.75) is 27.2 Å². The summed E-state index contributed by atoms with van der Waals surface area (Å²) in [6.45, 7) is 5.89. The normalized spacial score (nSPS) is 13.5. The Labute approximate surface area is 202 Å². The van der Waals surface area contributed by atoms with Gasteiger partial charge in [0.25, 0.3) is 11.8 Å². The van der Waals surface area contributed by atoms with Crippen molar-refractivity contribution in [2.75, 3.05) is 10.2 Å². The van der Waals surface area contributed by atoms with Crippen molar-refractivity contribution in [1.29, 1.82) is 0 Å². The summed E-state index contributed by atoms with van der Waals surface area (Å²) in [7, 11) is 0. The molecule has 3 aromatic rings. The Morgan fingerprint density at radius 3 is 2.12 bits per heavy atom. The Hall–Kier alpha value is -3.90. The van der Waals surface area contributed by atoms with Gasteiger partial charge in [0.05, 0.1) is 11.3 Å². The Kier molecular flexibility index (Phi) is 6.52. The minimum absolute atomic E-state index is 0.0169. The molecule has 0 bridgehead atoms. The van der Waals surface area contributed by atoms with E-state index in [0.29, 0.717) is 22.7 Å². The molecular formula is C27H23ClN2O4. The molecule has 0 aromatic heterocycles. The van der Waals surface area contributed by atoms with E-state index in [9.17, 15) is 14.4 Å². The topological polar surface area (TPSA) is 75.7 Å². The van der Waals surface area contributed by atoms with Crippen LogP contribution >= 0.6 is 11.6 Å². The fraction of sp³-hybridized carbons (Fsp3) is 0.148. The number of esters is 1. The van der Waals surface area contributed by atoms with Gasteiger partial charge in [0.2, 0.25) is 0 Å². The van der Waals surface area contributed by atoms with Gasteiger partial charge in [-0.25, -0.2) is 9.69 Å². The lowest BCUT2D eigenvalue weighted by Crippen LogP contribution is -2.32. The van der Waals surface area contributed by atoms with Crippen LogP contribution in [0.4, 0.5) is 11.4 Å². The van der Waals surface area contributed by atoms with Gasteiger partial charge in [-0.2, -0.15) is 0 Å². The molecule has 0 radical (unpaired) electrons. The molecule has 0 saturated heterocycles. The number of aryl methyl sites for hydroxylation is 3. The predicted molar refractivity (Wildman–Crippen MR) is 132 cm³/mol. The number of carbonyl (C=O) groups excluding carboxylic acids is 3. The largest absolute Gasteiger partial charge is 0.423 e. The molecule has 172 valence electrons. The number of nitrogens with one attached hydrogen (secondary N) is 1. The van der Waals surface area contributed by atoms with Crippen molar-refractivity contribution in [1.82, 2.24) is 0 Å². The van der Waals surface area contributed by atoms with E-state index >= 15 is 0 Å². The van der Waals surface area contributed by atoms with E-state index in [1.807, 2.05) is 39.0 Å². The van der Waals surface area contributed by atoms with E-state index in [1.54, 1.807) is 48.5 Å². The number of hydrogen-bond acceptors (Lipinski definition) is 5. The number of rotatable bonds is 6. The highest BCUT2D eigenvalue weighted by Gasteiger charge is 2.38. The number of anilines is 2. The summed E-state index contributed by atoms with van der Waals surface area (Å²) in [5.74, 6) is -1.16. The van der Waals surface area contributed by atoms with Gasteiger partial charge in [-0.05, 0) is 85.5 Å². The maximum absolute atomic E-state index is 12.9. The molecule has 3 aromatic carbocycles. The van der Waals surface area contributed by atoms with Crippen molar-refractivity contribution in [3.8, 4) is 5.75 Å². The van der Waals surface area contributed by atoms with Crippen LogP contribution in [-0.2, 0) is 16.0 Å². The summed E-state index contributed by atoms with van der Waals surface area (Å²) in [4.78, 5) is 39.1. The summed E-state index contributed by atoms with van der Waals surface area (Å²) < 4.78 is 5.47. The molecule has 4 rings (SSSR count). The number of halogens is 1. The minimum atomic E-state index is -0.591. The third-order valence-electron chi connectivity index (χ3n) is 5.43. The average Bonchev–Trinajstić information content (AvgIpc) is 3.02. The number of nitrogens with zero attached hydrogens (tertiary/aromatic N) is 1. The second-order valence-electron chi connectivity index (χ2n) is 8.07. The molecule has 34 heavy (non-hydrogen) atoms. The summed E-state index contributed by atoms with van der Waals surface area (Å²) in [6.07, 6.45) is 0.849. The lowest BCUT2D eigenvalue weighted by atomic mass is 10.1. The summed E-state index contributed by atoms with van der Waals surface area (Å²) in [6, 6.07) is 19.1. The van der Waals surface area contributed by atoms with Crippen LogP contribution in [0.25, 0.3) is 0 Å². The monoisotopic (exact) mass is 474 g/mol. The van der Waals surface area contributed by atoms with Gasteiger partial charge in [0.15, 0.2) is 0 Å². The van der Waals surface area contributed by atoms with E-state index in [4.69, 9.17) is 16.3 Å². The third-order valence-corrected chi connectivity index (χ3v) is 5.78. The lowest BCUT2D eigenvalue weighted by Gasteiger charge is -2.15. The summed E-state index contributed by atoms with van der Waals surface area (Å²) in [5, 5.41) is 2.72. The smallest absolute Gasteiger partial charge is 0.343 e. The quantitative estimate of drug-likeness (QED) is 0.289. The molecule has 0 fully saturated rings. The molecule has 0 atom stereocenters. The van der Waals surface area contributed by atoms with Crippen molar-refractivity contribution in [3.05, 3.63) is 99.7 Å². The highest BCUT2D eigenvalue weighted by atomic mass is 35.5. The van der Waals surface area contributed by atoms with Crippen LogP contribution < -0.4 is 15.0 Å². The molecule has 2 amide bonds. The number of ether oxygens (including phenoxy) is 1. The molecule has 7 heteroatoms. The number of benzene rings is 3. The van der Waals surface area contributed by atoms with Crippen molar-refractivity contribution in [3.63, 3.8) is 0 Å². The van der Waals surface area contributed by atoms with Crippen LogP contribution in [-0.4, -0.2) is 17.8 Å². The standard InChI is InChI=1S/C27H23ClN2O4/c1-4-18-5-11-21(12-6-18)30-25(31)23(28)24(26(30)32)29-20-9-7-19(8-10-20)27(33)34-22-14-16(2)13-17(3)15-22/h5-15,29H,4H2,1-3H3. The van der Waals surface area contributed by atoms with Crippen LogP contribution in [0.2, 0.25) is 0 Å². The van der Waals surface area contributed by atoms with Gasteiger partial charge < -0.3 is 10.1 Å². The van der Waals surface area contributed by atoms with Crippen molar-refractivity contribution >= 4 is 40.8 Å². The second kappa shape index (κ2) is 9.53. The zero-order valence-electron chi connectivity index (χ0n) is 19.0. The molecule has 0 spiro atoms. The number of amides is 2. The van der Waals surface area contributed by atoms with Crippen molar-refractivity contribution < 1.29 is 19.1 Å². The Bertz CT molecular complexity index is 1290. The van der Waals surface area contributed by atoms with E-state index in [1.165, 1.54) is 0 Å². The Morgan fingerprint density at radius 2 is 1.53 bits per heavy atom. The average molecular weight is 475 g/mol. The highest BCUT2D eigenvalue weighted by Crippen LogP contribution is 2.30. The number of hydrogen-bond donors (Lipinski definition) is 1. The maximum Gasteiger partial charge on any atom is 0.343 e. The SMILES string of the molecule is CCc1ccc(N2C(=O)C(Cl)=C(Nc3ccc(C(=O)Oc4cc(C)cc(C)c4)cc3)C2=O)cc1. The fourth-order valence-corrected chi connectivity index (χ4v) is 3.93. The zero-order chi connectivity index (χ0) is 24.4.